The molecule has 1 N–H and O–H groups in total. The first-order chi connectivity index (χ1) is 12.8. The molecule has 0 spiro atoms. The molecule has 0 aliphatic heterocycles. The van der Waals surface area contributed by atoms with Crippen molar-refractivity contribution in [2.75, 3.05) is 19.0 Å². The second-order valence-corrected chi connectivity index (χ2v) is 6.72. The highest BCUT2D eigenvalue weighted by atomic mass is 16.5. The third-order valence-corrected chi connectivity index (χ3v) is 4.92. The van der Waals surface area contributed by atoms with Crippen molar-refractivity contribution in [1.82, 2.24) is 29.2 Å². The smallest absolute Gasteiger partial charge is 0.241 e. The fraction of sp³-hybridized carbons (Fsp3) is 0.333. The Morgan fingerprint density at radius 1 is 1.12 bits per heavy atom. The molecule has 0 aromatic carbocycles. The number of aromatic nitrogens is 6. The maximum Gasteiger partial charge on any atom is 0.241 e. The number of rotatable bonds is 5. The Hall–Kier alpha value is -3.00. The molecule has 0 saturated heterocycles. The van der Waals surface area contributed by atoms with Crippen LogP contribution in [0.15, 0.2) is 43.0 Å². The molecule has 1 aliphatic rings. The third-order valence-electron chi connectivity index (χ3n) is 4.92. The van der Waals surface area contributed by atoms with Crippen LogP contribution < -0.4 is 5.32 Å². The van der Waals surface area contributed by atoms with Crippen molar-refractivity contribution in [2.45, 2.75) is 18.9 Å². The standard InChI is InChI=1S/C18H19N7O/c1-26-11-12-8-13(9-12)21-18-20-10-16-14(4-6-24(16)23-18)15-2-3-17-19-5-7-25(17)22-15/h2-7,10,12-13H,8-9,11H2,1H3,(H,21,23). The fourth-order valence-corrected chi connectivity index (χ4v) is 3.55. The summed E-state index contributed by atoms with van der Waals surface area (Å²) in [6, 6.07) is 6.36. The minimum Gasteiger partial charge on any atom is -0.384 e. The zero-order valence-electron chi connectivity index (χ0n) is 14.4. The minimum absolute atomic E-state index is 0.424. The molecule has 0 amide bonds. The Bertz CT molecular complexity index is 1060. The lowest BCUT2D eigenvalue weighted by Gasteiger charge is -2.35. The van der Waals surface area contributed by atoms with Crippen molar-refractivity contribution in [1.29, 1.82) is 0 Å². The molecule has 1 fully saturated rings. The Balaban J connectivity index is 1.39. The van der Waals surface area contributed by atoms with E-state index in [-0.39, 0.29) is 0 Å². The lowest BCUT2D eigenvalue weighted by molar-refractivity contribution is 0.104. The highest BCUT2D eigenvalue weighted by Gasteiger charge is 2.29. The van der Waals surface area contributed by atoms with Crippen LogP contribution in [0.25, 0.3) is 22.4 Å². The van der Waals surface area contributed by atoms with Gasteiger partial charge in [-0.3, -0.25) is 0 Å². The van der Waals surface area contributed by atoms with E-state index in [1.165, 1.54) is 0 Å². The number of nitrogens with one attached hydrogen (secondary N) is 1. The Labute approximate surface area is 149 Å². The van der Waals surface area contributed by atoms with Crippen LogP contribution in [0, 0.1) is 5.92 Å². The molecule has 0 atom stereocenters. The van der Waals surface area contributed by atoms with Gasteiger partial charge >= 0.3 is 0 Å². The molecule has 4 aromatic rings. The predicted molar refractivity (Wildman–Crippen MR) is 97.0 cm³/mol. The Kier molecular flexibility index (Phi) is 3.56. The van der Waals surface area contributed by atoms with E-state index in [2.05, 4.69) is 25.5 Å². The molecule has 1 aliphatic carbocycles. The van der Waals surface area contributed by atoms with Gasteiger partial charge in [-0.25, -0.2) is 19.0 Å². The van der Waals surface area contributed by atoms with Crippen LogP contribution >= 0.6 is 0 Å². The van der Waals surface area contributed by atoms with E-state index in [0.29, 0.717) is 17.9 Å². The average Bonchev–Trinajstić information content (AvgIpc) is 3.25. The van der Waals surface area contributed by atoms with Crippen LogP contribution in [0.4, 0.5) is 5.95 Å². The number of imidazole rings is 1. The lowest BCUT2D eigenvalue weighted by Crippen LogP contribution is -2.38. The molecule has 8 nitrogen and oxygen atoms in total. The van der Waals surface area contributed by atoms with E-state index in [4.69, 9.17) is 4.74 Å². The first kappa shape index (κ1) is 15.3. The van der Waals surface area contributed by atoms with E-state index in [9.17, 15) is 0 Å². The number of methoxy groups -OCH3 is 1. The Morgan fingerprint density at radius 2 is 2.04 bits per heavy atom. The summed E-state index contributed by atoms with van der Waals surface area (Å²) in [5, 5.41) is 12.6. The number of nitrogens with zero attached hydrogens (tertiary/aromatic N) is 6. The third kappa shape index (κ3) is 2.59. The normalized spacial score (nSPS) is 19.7. The van der Waals surface area contributed by atoms with Crippen molar-refractivity contribution in [2.24, 2.45) is 5.92 Å². The molecular formula is C18H19N7O. The molecular weight excluding hydrogens is 330 g/mol. The maximum absolute atomic E-state index is 5.19. The molecule has 4 aromatic heterocycles. The van der Waals surface area contributed by atoms with Gasteiger partial charge in [0.1, 0.15) is 0 Å². The monoisotopic (exact) mass is 349 g/mol. The summed E-state index contributed by atoms with van der Waals surface area (Å²) in [7, 11) is 1.75. The zero-order valence-corrected chi connectivity index (χ0v) is 14.4. The van der Waals surface area contributed by atoms with Crippen LogP contribution in [0.5, 0.6) is 0 Å². The quantitative estimate of drug-likeness (QED) is 0.595. The summed E-state index contributed by atoms with van der Waals surface area (Å²) < 4.78 is 8.80. The molecule has 0 radical (unpaired) electrons. The largest absolute Gasteiger partial charge is 0.384 e. The van der Waals surface area contributed by atoms with Crippen molar-refractivity contribution in [3.63, 3.8) is 0 Å². The van der Waals surface area contributed by atoms with Crippen molar-refractivity contribution < 1.29 is 4.74 Å². The second kappa shape index (κ2) is 6.06. The highest BCUT2D eigenvalue weighted by molar-refractivity contribution is 5.78. The SMILES string of the molecule is COCC1CC(Nc2ncc3c(-c4ccc5nccn5n4)ccn3n2)C1. The zero-order chi connectivity index (χ0) is 17.5. The number of fused-ring (bicyclic) bond motifs is 2. The topological polar surface area (TPSA) is 81.6 Å². The van der Waals surface area contributed by atoms with Gasteiger partial charge in [-0.15, -0.1) is 5.10 Å². The van der Waals surface area contributed by atoms with Gasteiger partial charge in [0.05, 0.1) is 17.4 Å². The minimum atomic E-state index is 0.424. The van der Waals surface area contributed by atoms with Gasteiger partial charge < -0.3 is 10.1 Å². The summed E-state index contributed by atoms with van der Waals surface area (Å²) >= 11 is 0. The van der Waals surface area contributed by atoms with Gasteiger partial charge in [0, 0.05) is 43.9 Å². The van der Waals surface area contributed by atoms with E-state index in [1.54, 1.807) is 17.8 Å². The fourth-order valence-electron chi connectivity index (χ4n) is 3.55. The molecule has 8 heteroatoms. The summed E-state index contributed by atoms with van der Waals surface area (Å²) in [6.07, 6.45) is 9.55. The lowest BCUT2D eigenvalue weighted by atomic mass is 9.81. The number of anilines is 1. The van der Waals surface area contributed by atoms with Crippen molar-refractivity contribution >= 4 is 17.1 Å². The molecule has 5 rings (SSSR count). The summed E-state index contributed by atoms with van der Waals surface area (Å²) in [6.45, 7) is 0.827. The summed E-state index contributed by atoms with van der Waals surface area (Å²) in [5.74, 6) is 1.29. The number of ether oxygens (including phenoxy) is 1. The molecule has 4 heterocycles. The summed E-state index contributed by atoms with van der Waals surface area (Å²) in [5.41, 5.74) is 3.61. The summed E-state index contributed by atoms with van der Waals surface area (Å²) in [4.78, 5) is 8.72. The number of hydrogen-bond donors (Lipinski definition) is 1. The molecule has 0 bridgehead atoms. The van der Waals surface area contributed by atoms with Gasteiger partial charge in [0.2, 0.25) is 5.95 Å². The van der Waals surface area contributed by atoms with Gasteiger partial charge in [-0.05, 0) is 37.0 Å². The van der Waals surface area contributed by atoms with E-state index in [0.717, 1.165) is 41.9 Å². The molecule has 26 heavy (non-hydrogen) atoms. The first-order valence-corrected chi connectivity index (χ1v) is 8.71. The maximum atomic E-state index is 5.19. The van der Waals surface area contributed by atoms with Gasteiger partial charge in [-0.1, -0.05) is 0 Å². The van der Waals surface area contributed by atoms with Crippen LogP contribution in [0.3, 0.4) is 0 Å². The van der Waals surface area contributed by atoms with Crippen LogP contribution in [-0.4, -0.2) is 49.0 Å². The van der Waals surface area contributed by atoms with Gasteiger partial charge in [-0.2, -0.15) is 5.10 Å². The van der Waals surface area contributed by atoms with Gasteiger partial charge in [0.15, 0.2) is 5.65 Å². The van der Waals surface area contributed by atoms with Crippen LogP contribution in [-0.2, 0) is 4.74 Å². The number of hydrogen-bond acceptors (Lipinski definition) is 6. The van der Waals surface area contributed by atoms with Crippen molar-refractivity contribution in [3.05, 3.63) is 43.0 Å². The molecule has 132 valence electrons. The highest BCUT2D eigenvalue weighted by Crippen LogP contribution is 2.30. The first-order valence-electron chi connectivity index (χ1n) is 8.71. The van der Waals surface area contributed by atoms with Crippen LogP contribution in [0.1, 0.15) is 12.8 Å². The molecule has 1 saturated carbocycles. The second-order valence-electron chi connectivity index (χ2n) is 6.72. The molecule has 0 unspecified atom stereocenters. The van der Waals surface area contributed by atoms with E-state index in [1.807, 2.05) is 41.3 Å². The van der Waals surface area contributed by atoms with E-state index < -0.39 is 0 Å². The van der Waals surface area contributed by atoms with Crippen LogP contribution in [0.2, 0.25) is 0 Å². The Morgan fingerprint density at radius 3 is 2.92 bits per heavy atom. The van der Waals surface area contributed by atoms with E-state index >= 15 is 0 Å². The average molecular weight is 349 g/mol. The predicted octanol–water partition coefficient (Wildman–Crippen LogP) is 2.28. The van der Waals surface area contributed by atoms with Gasteiger partial charge in [0.25, 0.3) is 0 Å². The van der Waals surface area contributed by atoms with Crippen molar-refractivity contribution in [3.8, 4) is 11.3 Å².